The first-order valence-corrected chi connectivity index (χ1v) is 6.12. The maximum absolute atomic E-state index is 5.70. The van der Waals surface area contributed by atoms with Gasteiger partial charge in [-0.3, -0.25) is 4.98 Å². The van der Waals surface area contributed by atoms with E-state index < -0.39 is 0 Å². The fourth-order valence-electron chi connectivity index (χ4n) is 1.83. The highest BCUT2D eigenvalue weighted by Crippen LogP contribution is 2.29. The predicted octanol–water partition coefficient (Wildman–Crippen LogP) is 3.25. The lowest BCUT2D eigenvalue weighted by atomic mass is 10.1. The average molecular weight is 241 g/mol. The third-order valence-electron chi connectivity index (χ3n) is 2.61. The summed E-state index contributed by atoms with van der Waals surface area (Å²) in [6.07, 6.45) is 3.73. The molecule has 0 aliphatic heterocycles. The summed E-state index contributed by atoms with van der Waals surface area (Å²) >= 11 is 1.51. The van der Waals surface area contributed by atoms with Gasteiger partial charge in [0.15, 0.2) is 5.13 Å². The standard InChI is InChI=1S/C13H11N3S/c1-8-4-10(7-15-6-8)9-2-3-11-12(5-9)17-13(14)16-11/h2-7H,1H3,(H2,14,16). The van der Waals surface area contributed by atoms with E-state index in [1.165, 1.54) is 11.3 Å². The van der Waals surface area contributed by atoms with E-state index in [0.29, 0.717) is 5.13 Å². The first-order chi connectivity index (χ1) is 8.22. The third-order valence-corrected chi connectivity index (χ3v) is 3.46. The highest BCUT2D eigenvalue weighted by atomic mass is 32.1. The molecule has 0 atom stereocenters. The minimum Gasteiger partial charge on any atom is -0.375 e. The average Bonchev–Trinajstić information content (AvgIpc) is 2.68. The van der Waals surface area contributed by atoms with Crippen LogP contribution in [0.25, 0.3) is 21.3 Å². The van der Waals surface area contributed by atoms with Crippen LogP contribution in [-0.4, -0.2) is 9.97 Å². The van der Waals surface area contributed by atoms with E-state index in [1.807, 2.05) is 25.4 Å². The summed E-state index contributed by atoms with van der Waals surface area (Å²) in [5.41, 5.74) is 10.1. The smallest absolute Gasteiger partial charge is 0.181 e. The van der Waals surface area contributed by atoms with E-state index in [1.54, 1.807) is 0 Å². The van der Waals surface area contributed by atoms with E-state index >= 15 is 0 Å². The topological polar surface area (TPSA) is 51.8 Å². The summed E-state index contributed by atoms with van der Waals surface area (Å²) in [5.74, 6) is 0. The molecule has 2 heterocycles. The largest absolute Gasteiger partial charge is 0.375 e. The summed E-state index contributed by atoms with van der Waals surface area (Å²) in [5, 5.41) is 0.611. The van der Waals surface area contributed by atoms with Crippen molar-refractivity contribution in [1.29, 1.82) is 0 Å². The van der Waals surface area contributed by atoms with Crippen molar-refractivity contribution in [3.05, 3.63) is 42.2 Å². The van der Waals surface area contributed by atoms with Gasteiger partial charge in [0.1, 0.15) is 0 Å². The Bertz CT molecular complexity index is 688. The van der Waals surface area contributed by atoms with Crippen molar-refractivity contribution in [3.8, 4) is 11.1 Å². The summed E-state index contributed by atoms with van der Waals surface area (Å²) < 4.78 is 1.11. The minimum atomic E-state index is 0.611. The van der Waals surface area contributed by atoms with E-state index in [4.69, 9.17) is 5.73 Å². The highest BCUT2D eigenvalue weighted by Gasteiger charge is 2.04. The molecule has 0 aliphatic rings. The van der Waals surface area contributed by atoms with Crippen LogP contribution >= 0.6 is 11.3 Å². The number of nitrogens with two attached hydrogens (primary N) is 1. The molecule has 0 bridgehead atoms. The zero-order chi connectivity index (χ0) is 11.8. The van der Waals surface area contributed by atoms with Crippen molar-refractivity contribution in [3.63, 3.8) is 0 Å². The van der Waals surface area contributed by atoms with Crippen molar-refractivity contribution in [1.82, 2.24) is 9.97 Å². The SMILES string of the molecule is Cc1cncc(-c2ccc3nc(N)sc3c2)c1. The zero-order valence-electron chi connectivity index (χ0n) is 9.34. The Kier molecular flexibility index (Phi) is 2.30. The number of thiazole rings is 1. The highest BCUT2D eigenvalue weighted by molar-refractivity contribution is 7.22. The van der Waals surface area contributed by atoms with Crippen molar-refractivity contribution in [2.45, 2.75) is 6.92 Å². The van der Waals surface area contributed by atoms with E-state index in [-0.39, 0.29) is 0 Å². The van der Waals surface area contributed by atoms with Gasteiger partial charge in [-0.1, -0.05) is 17.4 Å². The molecule has 2 aromatic heterocycles. The quantitative estimate of drug-likeness (QED) is 0.711. The summed E-state index contributed by atoms with van der Waals surface area (Å²) in [4.78, 5) is 8.46. The molecule has 0 amide bonds. The fourth-order valence-corrected chi connectivity index (χ4v) is 2.61. The summed E-state index contributed by atoms with van der Waals surface area (Å²) in [6, 6.07) is 8.29. The number of hydrogen-bond acceptors (Lipinski definition) is 4. The van der Waals surface area contributed by atoms with Gasteiger partial charge in [0.25, 0.3) is 0 Å². The summed E-state index contributed by atoms with van der Waals surface area (Å²) in [6.45, 7) is 2.04. The Morgan fingerprint density at radius 2 is 2.00 bits per heavy atom. The maximum Gasteiger partial charge on any atom is 0.181 e. The normalized spacial score (nSPS) is 10.9. The number of benzene rings is 1. The molecular weight excluding hydrogens is 230 g/mol. The number of nitrogen functional groups attached to an aromatic ring is 1. The van der Waals surface area contributed by atoms with Gasteiger partial charge < -0.3 is 5.73 Å². The van der Waals surface area contributed by atoms with Crippen LogP contribution in [-0.2, 0) is 0 Å². The number of aromatic nitrogens is 2. The van der Waals surface area contributed by atoms with Gasteiger partial charge in [0.05, 0.1) is 10.2 Å². The van der Waals surface area contributed by atoms with Gasteiger partial charge in [-0.25, -0.2) is 4.98 Å². The first-order valence-electron chi connectivity index (χ1n) is 5.30. The first kappa shape index (κ1) is 10.2. The molecule has 0 spiro atoms. The van der Waals surface area contributed by atoms with Crippen LogP contribution in [0.2, 0.25) is 0 Å². The number of pyridine rings is 1. The van der Waals surface area contributed by atoms with E-state index in [0.717, 1.165) is 26.9 Å². The van der Waals surface area contributed by atoms with Crippen LogP contribution in [0.3, 0.4) is 0 Å². The third kappa shape index (κ3) is 1.87. The molecule has 0 unspecified atom stereocenters. The van der Waals surface area contributed by atoms with Crippen molar-refractivity contribution < 1.29 is 0 Å². The zero-order valence-corrected chi connectivity index (χ0v) is 10.2. The van der Waals surface area contributed by atoms with Gasteiger partial charge in [-0.2, -0.15) is 0 Å². The maximum atomic E-state index is 5.70. The van der Waals surface area contributed by atoms with Crippen molar-refractivity contribution in [2.75, 3.05) is 5.73 Å². The molecule has 3 nitrogen and oxygen atoms in total. The number of hydrogen-bond donors (Lipinski definition) is 1. The Balaban J connectivity index is 2.17. The van der Waals surface area contributed by atoms with Gasteiger partial charge in [-0.05, 0) is 36.2 Å². The number of nitrogens with zero attached hydrogens (tertiary/aromatic N) is 2. The second-order valence-electron chi connectivity index (χ2n) is 3.99. The molecule has 3 aromatic rings. The molecule has 0 fully saturated rings. The molecule has 4 heteroatoms. The summed E-state index contributed by atoms with van der Waals surface area (Å²) in [7, 11) is 0. The number of aryl methyl sites for hydroxylation is 1. The molecular formula is C13H11N3S. The fraction of sp³-hybridized carbons (Fsp3) is 0.0769. The Morgan fingerprint density at radius 3 is 2.82 bits per heavy atom. The van der Waals surface area contributed by atoms with Crippen LogP contribution in [0.5, 0.6) is 0 Å². The lowest BCUT2D eigenvalue weighted by Crippen LogP contribution is -1.82. The van der Waals surface area contributed by atoms with Gasteiger partial charge in [0, 0.05) is 18.0 Å². The Labute approximate surface area is 103 Å². The molecule has 0 saturated heterocycles. The van der Waals surface area contributed by atoms with Gasteiger partial charge in [0.2, 0.25) is 0 Å². The molecule has 1 aromatic carbocycles. The molecule has 84 valence electrons. The lowest BCUT2D eigenvalue weighted by Gasteiger charge is -2.01. The van der Waals surface area contributed by atoms with Gasteiger partial charge >= 0.3 is 0 Å². The number of anilines is 1. The van der Waals surface area contributed by atoms with Crippen LogP contribution in [0, 0.1) is 6.92 Å². The van der Waals surface area contributed by atoms with Crippen molar-refractivity contribution >= 4 is 26.7 Å². The number of fused-ring (bicyclic) bond motifs is 1. The van der Waals surface area contributed by atoms with Crippen LogP contribution in [0.4, 0.5) is 5.13 Å². The Morgan fingerprint density at radius 1 is 1.12 bits per heavy atom. The molecule has 0 radical (unpaired) electrons. The van der Waals surface area contributed by atoms with Crippen molar-refractivity contribution in [2.24, 2.45) is 0 Å². The lowest BCUT2D eigenvalue weighted by molar-refractivity contribution is 1.27. The number of rotatable bonds is 1. The van der Waals surface area contributed by atoms with Gasteiger partial charge in [-0.15, -0.1) is 0 Å². The van der Waals surface area contributed by atoms with E-state index in [2.05, 4.69) is 28.2 Å². The monoisotopic (exact) mass is 241 g/mol. The molecule has 0 aliphatic carbocycles. The van der Waals surface area contributed by atoms with Crippen LogP contribution in [0.1, 0.15) is 5.56 Å². The van der Waals surface area contributed by atoms with E-state index in [9.17, 15) is 0 Å². The second-order valence-corrected chi connectivity index (χ2v) is 5.05. The minimum absolute atomic E-state index is 0.611. The molecule has 3 rings (SSSR count). The molecule has 17 heavy (non-hydrogen) atoms. The Hall–Kier alpha value is -1.94. The molecule has 0 saturated carbocycles. The predicted molar refractivity (Wildman–Crippen MR) is 72.0 cm³/mol. The second kappa shape index (κ2) is 3.82. The van der Waals surface area contributed by atoms with Crippen LogP contribution < -0.4 is 5.73 Å². The van der Waals surface area contributed by atoms with Crippen LogP contribution in [0.15, 0.2) is 36.7 Å². The molecule has 2 N–H and O–H groups in total.